The number of benzene rings is 1. The number of unbranched alkanes of at least 4 members (excludes halogenated alkanes) is 1. The number of nitrogens with one attached hydrogen (secondary N) is 1. The lowest BCUT2D eigenvalue weighted by atomic mass is 10.3. The minimum absolute atomic E-state index is 0.136. The Bertz CT molecular complexity index is 563. The summed E-state index contributed by atoms with van der Waals surface area (Å²) in [6.45, 7) is 0. The van der Waals surface area contributed by atoms with Gasteiger partial charge in [-0.3, -0.25) is 14.8 Å². The van der Waals surface area contributed by atoms with E-state index in [4.69, 9.17) is 23.2 Å². The van der Waals surface area contributed by atoms with Crippen LogP contribution < -0.4 is 4.72 Å². The lowest BCUT2D eigenvalue weighted by Crippen LogP contribution is -2.17. The molecule has 0 saturated heterocycles. The number of hydrogen-bond donors (Lipinski definition) is 1. The molecule has 106 valence electrons. The van der Waals surface area contributed by atoms with E-state index in [1.165, 1.54) is 12.1 Å². The summed E-state index contributed by atoms with van der Waals surface area (Å²) in [5.41, 5.74) is -0.478. The van der Waals surface area contributed by atoms with Gasteiger partial charge in [0.15, 0.2) is 0 Å². The molecule has 0 aliphatic rings. The number of anilines is 1. The molecule has 0 spiro atoms. The van der Waals surface area contributed by atoms with Gasteiger partial charge in [0.25, 0.3) is 5.69 Å². The molecule has 0 aromatic heterocycles. The van der Waals surface area contributed by atoms with Crippen molar-refractivity contribution in [2.75, 3.05) is 16.4 Å². The van der Waals surface area contributed by atoms with Gasteiger partial charge in [-0.25, -0.2) is 8.42 Å². The minimum Gasteiger partial charge on any atom is -0.277 e. The summed E-state index contributed by atoms with van der Waals surface area (Å²) in [4.78, 5) is 10.1. The van der Waals surface area contributed by atoms with E-state index in [2.05, 4.69) is 4.72 Å². The van der Waals surface area contributed by atoms with E-state index in [1.54, 1.807) is 0 Å². The first kappa shape index (κ1) is 16.0. The Hall–Kier alpha value is -1.05. The minimum atomic E-state index is -3.65. The molecule has 0 heterocycles. The summed E-state index contributed by atoms with van der Waals surface area (Å²) in [6.07, 6.45) is 0.938. The highest BCUT2D eigenvalue weighted by Crippen LogP contribution is 2.28. The fourth-order valence-corrected chi connectivity index (χ4v) is 2.90. The van der Waals surface area contributed by atoms with Crippen LogP contribution in [0.4, 0.5) is 11.4 Å². The van der Waals surface area contributed by atoms with E-state index in [0.717, 1.165) is 6.07 Å². The van der Waals surface area contributed by atoms with Gasteiger partial charge in [-0.05, 0) is 25.0 Å². The first-order valence-corrected chi connectivity index (χ1v) is 7.92. The highest BCUT2D eigenvalue weighted by Gasteiger charge is 2.19. The Morgan fingerprint density at radius 1 is 1.32 bits per heavy atom. The summed E-state index contributed by atoms with van der Waals surface area (Å²) in [5, 5.41) is 11.0. The van der Waals surface area contributed by atoms with E-state index in [9.17, 15) is 18.5 Å². The summed E-state index contributed by atoms with van der Waals surface area (Å²) in [7, 11) is -3.65. The molecule has 0 unspecified atom stereocenters. The zero-order valence-corrected chi connectivity index (χ0v) is 12.1. The van der Waals surface area contributed by atoms with Gasteiger partial charge in [0.05, 0.1) is 10.7 Å². The third-order valence-electron chi connectivity index (χ3n) is 2.22. The summed E-state index contributed by atoms with van der Waals surface area (Å²) in [6, 6.07) is 3.68. The molecule has 0 atom stereocenters. The number of nitro groups is 1. The largest absolute Gasteiger partial charge is 0.293 e. The van der Waals surface area contributed by atoms with Crippen LogP contribution in [-0.2, 0) is 10.0 Å². The Labute approximate surface area is 120 Å². The average Bonchev–Trinajstić information content (AvgIpc) is 2.28. The van der Waals surface area contributed by atoms with Crippen LogP contribution in [0.25, 0.3) is 0 Å². The Balaban J connectivity index is 2.92. The van der Waals surface area contributed by atoms with Crippen molar-refractivity contribution in [2.45, 2.75) is 12.8 Å². The van der Waals surface area contributed by atoms with Crippen LogP contribution in [0.15, 0.2) is 18.2 Å². The maximum Gasteiger partial charge on any atom is 0.293 e. The number of rotatable bonds is 7. The first-order chi connectivity index (χ1) is 8.85. The number of nitro benzene ring substituents is 1. The summed E-state index contributed by atoms with van der Waals surface area (Å²) in [5.74, 6) is 0.218. The molecule has 1 rings (SSSR count). The predicted octanol–water partition coefficient (Wildman–Crippen LogP) is 3.01. The number of alkyl halides is 1. The van der Waals surface area contributed by atoms with E-state index < -0.39 is 14.9 Å². The van der Waals surface area contributed by atoms with Gasteiger partial charge < -0.3 is 0 Å². The summed E-state index contributed by atoms with van der Waals surface area (Å²) >= 11 is 11.2. The Morgan fingerprint density at radius 2 is 2.00 bits per heavy atom. The maximum absolute atomic E-state index is 11.7. The predicted molar refractivity (Wildman–Crippen MR) is 75.5 cm³/mol. The van der Waals surface area contributed by atoms with Crippen LogP contribution in [-0.4, -0.2) is 25.0 Å². The lowest BCUT2D eigenvalue weighted by Gasteiger charge is -2.08. The monoisotopic (exact) mass is 326 g/mol. The molecule has 0 saturated carbocycles. The molecular weight excluding hydrogens is 315 g/mol. The molecule has 0 aliphatic heterocycles. The number of hydrogen-bond acceptors (Lipinski definition) is 4. The molecule has 1 aromatic carbocycles. The Kier molecular flexibility index (Phi) is 5.84. The van der Waals surface area contributed by atoms with Gasteiger partial charge in [0.2, 0.25) is 10.0 Å². The molecule has 0 amide bonds. The van der Waals surface area contributed by atoms with Crippen LogP contribution in [0.2, 0.25) is 5.02 Å². The van der Waals surface area contributed by atoms with E-state index >= 15 is 0 Å². The second-order valence-electron chi connectivity index (χ2n) is 3.74. The molecule has 19 heavy (non-hydrogen) atoms. The number of nitrogens with zero attached hydrogens (tertiary/aromatic N) is 1. The summed E-state index contributed by atoms with van der Waals surface area (Å²) < 4.78 is 25.7. The van der Waals surface area contributed by atoms with Gasteiger partial charge in [-0.1, -0.05) is 11.6 Å². The quantitative estimate of drug-likeness (QED) is 0.361. The van der Waals surface area contributed by atoms with Crippen molar-refractivity contribution in [2.24, 2.45) is 0 Å². The highest BCUT2D eigenvalue weighted by atomic mass is 35.5. The first-order valence-electron chi connectivity index (χ1n) is 5.36. The fraction of sp³-hybridized carbons (Fsp3) is 0.400. The third-order valence-corrected chi connectivity index (χ3v) is 4.08. The van der Waals surface area contributed by atoms with Crippen LogP contribution >= 0.6 is 23.2 Å². The standard InChI is InChI=1S/C10H12Cl2N2O4S/c11-5-1-2-6-19(17,18)13-9-7-8(12)3-4-10(9)14(15)16/h3-4,7,13H,1-2,5-6H2. The average molecular weight is 327 g/mol. The van der Waals surface area contributed by atoms with E-state index in [1.807, 2.05) is 0 Å². The normalized spacial score (nSPS) is 11.3. The van der Waals surface area contributed by atoms with Crippen LogP contribution in [0.3, 0.4) is 0 Å². The Morgan fingerprint density at radius 3 is 2.58 bits per heavy atom. The van der Waals surface area contributed by atoms with Crippen molar-refractivity contribution >= 4 is 44.6 Å². The van der Waals surface area contributed by atoms with Crippen LogP contribution in [0, 0.1) is 10.1 Å². The lowest BCUT2D eigenvalue weighted by molar-refractivity contribution is -0.383. The second-order valence-corrected chi connectivity index (χ2v) is 6.39. The molecule has 0 fully saturated rings. The smallest absolute Gasteiger partial charge is 0.277 e. The SMILES string of the molecule is O=[N+]([O-])c1ccc(Cl)cc1NS(=O)(=O)CCCCCl. The van der Waals surface area contributed by atoms with Crippen LogP contribution in [0.5, 0.6) is 0 Å². The van der Waals surface area contributed by atoms with Crippen molar-refractivity contribution in [3.63, 3.8) is 0 Å². The van der Waals surface area contributed by atoms with Gasteiger partial charge in [-0.2, -0.15) is 0 Å². The van der Waals surface area contributed by atoms with Gasteiger partial charge in [0.1, 0.15) is 5.69 Å². The van der Waals surface area contributed by atoms with Crippen LogP contribution in [0.1, 0.15) is 12.8 Å². The number of halogens is 2. The highest BCUT2D eigenvalue weighted by molar-refractivity contribution is 7.92. The molecule has 1 N–H and O–H groups in total. The van der Waals surface area contributed by atoms with Crippen molar-refractivity contribution in [1.82, 2.24) is 0 Å². The number of sulfonamides is 1. The van der Waals surface area contributed by atoms with Crippen molar-refractivity contribution in [1.29, 1.82) is 0 Å². The molecule has 0 bridgehead atoms. The van der Waals surface area contributed by atoms with Crippen molar-refractivity contribution in [3.8, 4) is 0 Å². The molecule has 6 nitrogen and oxygen atoms in total. The third kappa shape index (κ3) is 5.22. The molecule has 9 heteroatoms. The van der Waals surface area contributed by atoms with E-state index in [0.29, 0.717) is 18.7 Å². The molecule has 1 aromatic rings. The second kappa shape index (κ2) is 6.93. The zero-order valence-electron chi connectivity index (χ0n) is 9.80. The van der Waals surface area contributed by atoms with E-state index in [-0.39, 0.29) is 22.2 Å². The van der Waals surface area contributed by atoms with Crippen molar-refractivity contribution in [3.05, 3.63) is 33.3 Å². The molecular formula is C10H12Cl2N2O4S. The van der Waals surface area contributed by atoms with Crippen molar-refractivity contribution < 1.29 is 13.3 Å². The maximum atomic E-state index is 11.7. The molecule has 0 radical (unpaired) electrons. The zero-order chi connectivity index (χ0) is 14.5. The van der Waals surface area contributed by atoms with Gasteiger partial charge >= 0.3 is 0 Å². The fourth-order valence-electron chi connectivity index (χ4n) is 1.35. The molecule has 0 aliphatic carbocycles. The topological polar surface area (TPSA) is 89.3 Å². The van der Waals surface area contributed by atoms with Gasteiger partial charge in [0, 0.05) is 17.0 Å². The van der Waals surface area contributed by atoms with Gasteiger partial charge in [-0.15, -0.1) is 11.6 Å².